The third kappa shape index (κ3) is 1.55. The third-order valence-electron chi connectivity index (χ3n) is 2.69. The van der Waals surface area contributed by atoms with Gasteiger partial charge in [-0.25, -0.2) is 4.40 Å². The van der Waals surface area contributed by atoms with E-state index < -0.39 is 0 Å². The lowest BCUT2D eigenvalue weighted by Gasteiger charge is -2.24. The summed E-state index contributed by atoms with van der Waals surface area (Å²) in [5.41, 5.74) is 1.05. The lowest BCUT2D eigenvalue weighted by molar-refractivity contribution is -0.384. The van der Waals surface area contributed by atoms with Gasteiger partial charge < -0.3 is 4.90 Å². The number of nitro benzene ring substituents is 1. The van der Waals surface area contributed by atoms with Gasteiger partial charge >= 0.3 is 0 Å². The van der Waals surface area contributed by atoms with E-state index in [0.29, 0.717) is 6.04 Å². The predicted octanol–water partition coefficient (Wildman–Crippen LogP) is 2.61. The molecule has 1 aliphatic carbocycles. The van der Waals surface area contributed by atoms with Crippen LogP contribution in [0.1, 0.15) is 12.8 Å². The summed E-state index contributed by atoms with van der Waals surface area (Å²) in [6.07, 6.45) is 4.05. The van der Waals surface area contributed by atoms with Crippen molar-refractivity contribution < 1.29 is 4.92 Å². The molecule has 3 rings (SSSR count). The van der Waals surface area contributed by atoms with Crippen LogP contribution in [0.3, 0.4) is 0 Å². The van der Waals surface area contributed by atoms with Crippen LogP contribution in [0.5, 0.6) is 0 Å². The number of non-ortho nitro benzene ring substituents is 1. The largest absolute Gasteiger partial charge is 0.328 e. The Morgan fingerprint density at radius 1 is 1.50 bits per heavy atom. The number of nitro groups is 1. The van der Waals surface area contributed by atoms with Crippen molar-refractivity contribution in [1.29, 1.82) is 0 Å². The van der Waals surface area contributed by atoms with E-state index in [4.69, 9.17) is 0 Å². The van der Waals surface area contributed by atoms with Gasteiger partial charge in [-0.2, -0.15) is 0 Å². The lowest BCUT2D eigenvalue weighted by Crippen LogP contribution is -2.25. The Bertz CT molecular complexity index is 485. The second-order valence-electron chi connectivity index (χ2n) is 3.86. The van der Waals surface area contributed by atoms with Crippen molar-refractivity contribution in [2.45, 2.75) is 23.8 Å². The fourth-order valence-corrected chi connectivity index (χ4v) is 2.38. The van der Waals surface area contributed by atoms with Gasteiger partial charge in [0.1, 0.15) is 6.34 Å². The molecule has 16 heavy (non-hydrogen) atoms. The molecular formula is C10H9N3O2S. The molecule has 5 nitrogen and oxygen atoms in total. The molecule has 1 aromatic rings. The van der Waals surface area contributed by atoms with E-state index in [2.05, 4.69) is 4.40 Å². The van der Waals surface area contributed by atoms with E-state index in [1.807, 2.05) is 4.90 Å². The molecule has 0 spiro atoms. The zero-order chi connectivity index (χ0) is 11.1. The van der Waals surface area contributed by atoms with Crippen molar-refractivity contribution in [3.05, 3.63) is 28.3 Å². The average molecular weight is 235 g/mol. The molecule has 0 aromatic heterocycles. The smallest absolute Gasteiger partial charge is 0.271 e. The van der Waals surface area contributed by atoms with E-state index in [-0.39, 0.29) is 10.6 Å². The van der Waals surface area contributed by atoms with Gasteiger partial charge in [0.15, 0.2) is 0 Å². The van der Waals surface area contributed by atoms with Crippen LogP contribution in [-0.2, 0) is 0 Å². The Labute approximate surface area is 96.4 Å². The maximum atomic E-state index is 10.7. The second kappa shape index (κ2) is 3.48. The molecule has 2 aliphatic rings. The maximum Gasteiger partial charge on any atom is 0.271 e. The number of rotatable bonds is 2. The van der Waals surface area contributed by atoms with Crippen LogP contribution in [0.4, 0.5) is 11.4 Å². The molecule has 6 heteroatoms. The minimum absolute atomic E-state index is 0.139. The van der Waals surface area contributed by atoms with Crippen molar-refractivity contribution in [3.63, 3.8) is 0 Å². The number of nitrogens with zero attached hydrogens (tertiary/aromatic N) is 3. The molecule has 0 radical (unpaired) electrons. The van der Waals surface area contributed by atoms with Gasteiger partial charge in [-0.1, -0.05) is 0 Å². The Morgan fingerprint density at radius 2 is 2.31 bits per heavy atom. The Balaban J connectivity index is 2.05. The van der Waals surface area contributed by atoms with Gasteiger partial charge in [0.25, 0.3) is 5.69 Å². The maximum absolute atomic E-state index is 10.7. The molecule has 1 heterocycles. The SMILES string of the molecule is O=[N+]([O-])c1ccc2c(c1)N(C1CC1)C=NS2. The zero-order valence-corrected chi connectivity index (χ0v) is 9.18. The van der Waals surface area contributed by atoms with Crippen molar-refractivity contribution in [1.82, 2.24) is 0 Å². The molecule has 82 valence electrons. The van der Waals surface area contributed by atoms with Crippen molar-refractivity contribution in [2.24, 2.45) is 4.40 Å². The fourth-order valence-electron chi connectivity index (χ4n) is 1.74. The predicted molar refractivity (Wildman–Crippen MR) is 62.9 cm³/mol. The minimum Gasteiger partial charge on any atom is -0.328 e. The molecule has 1 aromatic carbocycles. The van der Waals surface area contributed by atoms with Crippen LogP contribution in [0, 0.1) is 10.1 Å². The molecular weight excluding hydrogens is 226 g/mol. The zero-order valence-electron chi connectivity index (χ0n) is 8.37. The van der Waals surface area contributed by atoms with Crippen molar-refractivity contribution in [3.8, 4) is 0 Å². The average Bonchev–Trinajstić information content (AvgIpc) is 3.11. The molecule has 0 saturated heterocycles. The van der Waals surface area contributed by atoms with E-state index in [1.54, 1.807) is 18.5 Å². The summed E-state index contributed by atoms with van der Waals surface area (Å²) in [6.45, 7) is 0. The number of fused-ring (bicyclic) bond motifs is 1. The summed E-state index contributed by atoms with van der Waals surface area (Å²) in [5, 5.41) is 10.7. The number of hydrogen-bond donors (Lipinski definition) is 0. The van der Waals surface area contributed by atoms with Crippen LogP contribution in [0.15, 0.2) is 27.5 Å². The van der Waals surface area contributed by atoms with Gasteiger partial charge in [0.2, 0.25) is 0 Å². The number of benzene rings is 1. The highest BCUT2D eigenvalue weighted by atomic mass is 32.2. The molecule has 1 aliphatic heterocycles. The standard InChI is InChI=1S/C10H9N3O2S/c14-13(15)8-3-4-10-9(5-8)12(6-11-16-10)7-1-2-7/h3-7H,1-2H2. The molecule has 1 fully saturated rings. The first-order valence-corrected chi connectivity index (χ1v) is 5.80. The summed E-state index contributed by atoms with van der Waals surface area (Å²) in [7, 11) is 0. The number of hydrogen-bond acceptors (Lipinski definition) is 5. The van der Waals surface area contributed by atoms with Gasteiger partial charge in [0.05, 0.1) is 15.5 Å². The normalized spacial score (nSPS) is 18.4. The minimum atomic E-state index is -0.359. The Morgan fingerprint density at radius 3 is 3.00 bits per heavy atom. The van der Waals surface area contributed by atoms with Crippen molar-refractivity contribution >= 4 is 29.7 Å². The molecule has 0 atom stereocenters. The van der Waals surface area contributed by atoms with Gasteiger partial charge in [-0.05, 0) is 18.9 Å². The van der Waals surface area contributed by atoms with E-state index in [0.717, 1.165) is 23.4 Å². The van der Waals surface area contributed by atoms with Crippen LogP contribution in [0.2, 0.25) is 0 Å². The molecule has 0 unspecified atom stereocenters. The first kappa shape index (κ1) is 9.65. The fraction of sp³-hybridized carbons (Fsp3) is 0.300. The second-order valence-corrected chi connectivity index (χ2v) is 4.69. The monoisotopic (exact) mass is 235 g/mol. The molecule has 1 saturated carbocycles. The van der Waals surface area contributed by atoms with Gasteiger partial charge in [0, 0.05) is 30.1 Å². The Hall–Kier alpha value is -1.56. The summed E-state index contributed by atoms with van der Waals surface area (Å²) in [5.74, 6) is 0. The summed E-state index contributed by atoms with van der Waals surface area (Å²) >= 11 is 1.36. The van der Waals surface area contributed by atoms with E-state index in [9.17, 15) is 10.1 Å². The highest BCUT2D eigenvalue weighted by molar-refractivity contribution is 7.98. The van der Waals surface area contributed by atoms with Crippen molar-refractivity contribution in [2.75, 3.05) is 4.90 Å². The summed E-state index contributed by atoms with van der Waals surface area (Å²) in [6, 6.07) is 5.40. The molecule has 0 N–H and O–H groups in total. The first-order chi connectivity index (χ1) is 7.75. The quantitative estimate of drug-likeness (QED) is 0.449. The topological polar surface area (TPSA) is 58.7 Å². The molecule has 0 amide bonds. The van der Waals surface area contributed by atoms with Crippen LogP contribution < -0.4 is 4.90 Å². The Kier molecular flexibility index (Phi) is 2.10. The van der Waals surface area contributed by atoms with Crippen LogP contribution in [0.25, 0.3) is 0 Å². The third-order valence-corrected chi connectivity index (χ3v) is 3.44. The number of anilines is 1. The summed E-state index contributed by atoms with van der Waals surface area (Å²) < 4.78 is 4.18. The molecule has 0 bridgehead atoms. The summed E-state index contributed by atoms with van der Waals surface area (Å²) in [4.78, 5) is 13.4. The van der Waals surface area contributed by atoms with Gasteiger partial charge in [-0.3, -0.25) is 10.1 Å². The van der Waals surface area contributed by atoms with Crippen LogP contribution >= 0.6 is 11.9 Å². The highest BCUT2D eigenvalue weighted by Gasteiger charge is 2.32. The van der Waals surface area contributed by atoms with Gasteiger partial charge in [-0.15, -0.1) is 0 Å². The highest BCUT2D eigenvalue weighted by Crippen LogP contribution is 2.41. The lowest BCUT2D eigenvalue weighted by atomic mass is 10.2. The van der Waals surface area contributed by atoms with Crippen LogP contribution in [-0.4, -0.2) is 17.3 Å². The van der Waals surface area contributed by atoms with E-state index in [1.165, 1.54) is 18.0 Å². The van der Waals surface area contributed by atoms with E-state index >= 15 is 0 Å². The first-order valence-electron chi connectivity index (χ1n) is 5.03.